The summed E-state index contributed by atoms with van der Waals surface area (Å²) in [5.41, 5.74) is -0.499. The molecule has 2 N–H and O–H groups in total. The standard InChI is InChI=1S/C20H19F3N4O3S/c1-2-3-4-7-29-16-6-5-13(8-14(16)20(21,22)23)26-19(31)27-18(28)15-9-17-12(10-24-15)11-25-30-17/h5-6,8-11H,2-4,7H2,1H3,(H2,26,27,28,31). The maximum atomic E-state index is 13.4. The van der Waals surface area contributed by atoms with Crippen LogP contribution in [0.2, 0.25) is 0 Å². The quantitative estimate of drug-likeness (QED) is 0.388. The Morgan fingerprint density at radius 1 is 1.23 bits per heavy atom. The number of fused-ring (bicyclic) bond motifs is 1. The average molecular weight is 452 g/mol. The van der Waals surface area contributed by atoms with E-state index in [1.807, 2.05) is 6.92 Å². The second-order valence-corrected chi connectivity index (χ2v) is 7.01. The van der Waals surface area contributed by atoms with Crippen LogP contribution in [-0.4, -0.2) is 27.8 Å². The predicted octanol–water partition coefficient (Wildman–Crippen LogP) is 4.94. The summed E-state index contributed by atoms with van der Waals surface area (Å²) in [5.74, 6) is -0.906. The molecule has 0 fully saturated rings. The van der Waals surface area contributed by atoms with E-state index in [9.17, 15) is 18.0 Å². The van der Waals surface area contributed by atoms with Crippen molar-refractivity contribution in [1.29, 1.82) is 0 Å². The number of rotatable bonds is 7. The minimum Gasteiger partial charge on any atom is -0.493 e. The van der Waals surface area contributed by atoms with E-state index >= 15 is 0 Å². The van der Waals surface area contributed by atoms with Crippen molar-refractivity contribution in [2.45, 2.75) is 32.4 Å². The number of nitrogens with one attached hydrogen (secondary N) is 2. The zero-order valence-corrected chi connectivity index (χ0v) is 17.3. The largest absolute Gasteiger partial charge is 0.493 e. The number of carbonyl (C=O) groups is 1. The van der Waals surface area contributed by atoms with Gasteiger partial charge in [0, 0.05) is 18.0 Å². The molecule has 0 aliphatic rings. The van der Waals surface area contributed by atoms with Crippen LogP contribution in [-0.2, 0) is 6.18 Å². The molecular formula is C20H19F3N4O3S. The van der Waals surface area contributed by atoms with E-state index in [2.05, 4.69) is 20.8 Å². The van der Waals surface area contributed by atoms with Crippen molar-refractivity contribution in [2.75, 3.05) is 11.9 Å². The van der Waals surface area contributed by atoms with Gasteiger partial charge in [-0.3, -0.25) is 15.1 Å². The third kappa shape index (κ3) is 5.91. The molecule has 0 saturated heterocycles. The number of pyridine rings is 1. The van der Waals surface area contributed by atoms with Gasteiger partial charge in [-0.25, -0.2) is 0 Å². The molecule has 1 amide bonds. The van der Waals surface area contributed by atoms with Crippen LogP contribution in [0, 0.1) is 0 Å². The highest BCUT2D eigenvalue weighted by Gasteiger charge is 2.34. The van der Waals surface area contributed by atoms with Gasteiger partial charge >= 0.3 is 6.18 Å². The molecule has 0 bridgehead atoms. The van der Waals surface area contributed by atoms with Crippen LogP contribution in [0.3, 0.4) is 0 Å². The van der Waals surface area contributed by atoms with Crippen LogP contribution in [0.25, 0.3) is 11.0 Å². The van der Waals surface area contributed by atoms with Crippen LogP contribution >= 0.6 is 12.2 Å². The molecule has 0 radical (unpaired) electrons. The SMILES string of the molecule is CCCCCOc1ccc(NC(=S)NC(=O)c2cc3oncc3cn2)cc1C(F)(F)F. The number of ether oxygens (including phenoxy) is 1. The lowest BCUT2D eigenvalue weighted by Gasteiger charge is -2.16. The van der Waals surface area contributed by atoms with E-state index in [-0.39, 0.29) is 28.9 Å². The van der Waals surface area contributed by atoms with Gasteiger partial charge < -0.3 is 14.6 Å². The van der Waals surface area contributed by atoms with Crippen molar-refractivity contribution in [3.8, 4) is 5.75 Å². The number of benzene rings is 1. The summed E-state index contributed by atoms with van der Waals surface area (Å²) in [6.45, 7) is 2.19. The number of amides is 1. The number of unbranched alkanes of at least 4 members (excludes halogenated alkanes) is 2. The molecule has 2 heterocycles. The Balaban J connectivity index is 1.67. The van der Waals surface area contributed by atoms with E-state index in [0.29, 0.717) is 17.4 Å². The summed E-state index contributed by atoms with van der Waals surface area (Å²) in [6, 6.07) is 4.88. The topological polar surface area (TPSA) is 89.3 Å². The van der Waals surface area contributed by atoms with Crippen molar-refractivity contribution in [3.05, 3.63) is 47.9 Å². The fourth-order valence-electron chi connectivity index (χ4n) is 2.71. The monoisotopic (exact) mass is 452 g/mol. The van der Waals surface area contributed by atoms with Gasteiger partial charge in [0.15, 0.2) is 10.7 Å². The summed E-state index contributed by atoms with van der Waals surface area (Å²) < 4.78 is 50.6. The van der Waals surface area contributed by atoms with Crippen molar-refractivity contribution < 1.29 is 27.2 Å². The molecule has 0 aliphatic carbocycles. The first kappa shape index (κ1) is 22.5. The smallest absolute Gasteiger partial charge is 0.420 e. The highest BCUT2D eigenvalue weighted by Crippen LogP contribution is 2.38. The molecule has 164 valence electrons. The zero-order chi connectivity index (χ0) is 22.4. The molecule has 31 heavy (non-hydrogen) atoms. The number of hydrogen-bond acceptors (Lipinski definition) is 6. The van der Waals surface area contributed by atoms with E-state index in [1.165, 1.54) is 30.6 Å². The lowest BCUT2D eigenvalue weighted by atomic mass is 10.1. The van der Waals surface area contributed by atoms with Gasteiger partial charge in [-0.05, 0) is 36.8 Å². The Bertz CT molecular complexity index is 1080. The van der Waals surface area contributed by atoms with Crippen molar-refractivity contribution in [3.63, 3.8) is 0 Å². The molecular weight excluding hydrogens is 433 g/mol. The van der Waals surface area contributed by atoms with E-state index < -0.39 is 17.6 Å². The Hall–Kier alpha value is -3.21. The number of hydrogen-bond donors (Lipinski definition) is 2. The van der Waals surface area contributed by atoms with Gasteiger partial charge in [0.2, 0.25) is 0 Å². The van der Waals surface area contributed by atoms with Crippen LogP contribution in [0.5, 0.6) is 5.75 Å². The highest BCUT2D eigenvalue weighted by atomic mass is 32.1. The summed E-state index contributed by atoms with van der Waals surface area (Å²) in [5, 5.41) is 8.97. The first-order chi connectivity index (χ1) is 14.8. The molecule has 0 unspecified atom stereocenters. The molecule has 3 rings (SSSR count). The Labute approximate surface area is 181 Å². The van der Waals surface area contributed by atoms with Crippen LogP contribution in [0.4, 0.5) is 18.9 Å². The van der Waals surface area contributed by atoms with Gasteiger partial charge in [0.05, 0.1) is 23.8 Å². The fraction of sp³-hybridized carbons (Fsp3) is 0.300. The first-order valence-corrected chi connectivity index (χ1v) is 9.85. The average Bonchev–Trinajstić information content (AvgIpc) is 3.19. The van der Waals surface area contributed by atoms with E-state index in [4.69, 9.17) is 21.5 Å². The third-order valence-electron chi connectivity index (χ3n) is 4.25. The number of carbonyl (C=O) groups excluding carboxylic acids is 1. The van der Waals surface area contributed by atoms with Gasteiger partial charge in [-0.2, -0.15) is 13.2 Å². The fourth-order valence-corrected chi connectivity index (χ4v) is 2.92. The molecule has 0 aliphatic heterocycles. The summed E-state index contributed by atoms with van der Waals surface area (Å²) >= 11 is 5.04. The molecule has 7 nitrogen and oxygen atoms in total. The van der Waals surface area contributed by atoms with Gasteiger partial charge in [0.1, 0.15) is 11.4 Å². The minimum atomic E-state index is -4.61. The number of alkyl halides is 3. The molecule has 0 saturated carbocycles. The number of nitrogens with zero attached hydrogens (tertiary/aromatic N) is 2. The summed E-state index contributed by atoms with van der Waals surface area (Å²) in [6.07, 6.45) is 0.713. The Morgan fingerprint density at radius 3 is 2.77 bits per heavy atom. The molecule has 3 aromatic rings. The van der Waals surface area contributed by atoms with Crippen LogP contribution < -0.4 is 15.4 Å². The van der Waals surface area contributed by atoms with Crippen molar-refractivity contribution in [2.24, 2.45) is 0 Å². The lowest BCUT2D eigenvalue weighted by molar-refractivity contribution is -0.138. The molecule has 11 heteroatoms. The lowest BCUT2D eigenvalue weighted by Crippen LogP contribution is -2.34. The third-order valence-corrected chi connectivity index (χ3v) is 4.45. The van der Waals surface area contributed by atoms with E-state index in [1.54, 1.807) is 0 Å². The zero-order valence-electron chi connectivity index (χ0n) is 16.5. The maximum Gasteiger partial charge on any atom is 0.420 e. The van der Waals surface area contributed by atoms with Crippen molar-refractivity contribution in [1.82, 2.24) is 15.5 Å². The summed E-state index contributed by atoms with van der Waals surface area (Å²) in [7, 11) is 0. The van der Waals surface area contributed by atoms with Gasteiger partial charge in [-0.15, -0.1) is 0 Å². The minimum absolute atomic E-state index is 0.0141. The molecule has 1 aromatic carbocycles. The van der Waals surface area contributed by atoms with Gasteiger partial charge in [-0.1, -0.05) is 24.9 Å². The second-order valence-electron chi connectivity index (χ2n) is 6.61. The number of thiocarbonyl (C=S) groups is 1. The van der Waals surface area contributed by atoms with Crippen LogP contribution in [0.1, 0.15) is 42.2 Å². The number of halogens is 3. The molecule has 0 spiro atoms. The van der Waals surface area contributed by atoms with Crippen LogP contribution in [0.15, 0.2) is 41.2 Å². The van der Waals surface area contributed by atoms with Gasteiger partial charge in [0.25, 0.3) is 5.91 Å². The molecule has 0 atom stereocenters. The Morgan fingerprint density at radius 2 is 2.03 bits per heavy atom. The summed E-state index contributed by atoms with van der Waals surface area (Å²) in [4.78, 5) is 16.3. The maximum absolute atomic E-state index is 13.4. The second kappa shape index (κ2) is 9.73. The number of anilines is 1. The first-order valence-electron chi connectivity index (χ1n) is 9.44. The molecule has 2 aromatic heterocycles. The normalized spacial score (nSPS) is 11.4. The number of aromatic nitrogens is 2. The van der Waals surface area contributed by atoms with Crippen molar-refractivity contribution >= 4 is 39.9 Å². The predicted molar refractivity (Wildman–Crippen MR) is 112 cm³/mol. The Kier molecular flexibility index (Phi) is 7.06. The highest BCUT2D eigenvalue weighted by molar-refractivity contribution is 7.80. The van der Waals surface area contributed by atoms with E-state index in [0.717, 1.165) is 18.9 Å².